The molecule has 0 aromatic heterocycles. The lowest BCUT2D eigenvalue weighted by atomic mass is 9.98. The molecule has 1 atom stereocenters. The molecule has 0 N–H and O–H groups in total. The van der Waals surface area contributed by atoms with Crippen molar-refractivity contribution < 1.29 is 8.85 Å². The Morgan fingerprint density at radius 1 is 1.05 bits per heavy atom. The topological polar surface area (TPSA) is 18.5 Å². The minimum Gasteiger partial charge on any atom is -0.393 e. The summed E-state index contributed by atoms with van der Waals surface area (Å²) in [6.07, 6.45) is 2.25. The minimum atomic E-state index is 0.119. The van der Waals surface area contributed by atoms with Crippen molar-refractivity contribution in [1.29, 1.82) is 0 Å². The predicted octanol–water partition coefficient (Wildman–Crippen LogP) is 4.27. The van der Waals surface area contributed by atoms with Gasteiger partial charge in [0.1, 0.15) is 0 Å². The molecule has 0 fully saturated rings. The Balaban J connectivity index is 2.27. The Hall–Kier alpha value is -1.16. The minimum absolute atomic E-state index is 0.119. The van der Waals surface area contributed by atoms with Crippen LogP contribution >= 0.6 is 0 Å². The predicted molar refractivity (Wildman–Crippen MR) is 80.1 cm³/mol. The molecule has 0 aliphatic rings. The normalized spacial score (nSPS) is 12.7. The highest BCUT2D eigenvalue weighted by Gasteiger charge is 2.14. The standard InChI is InChI=1S/C16H20O2Si/c1-3-8-16(18-19-17-4-2)15-12-7-10-13-9-5-6-11-14(13)15/h5-7,9-12,16H,3-4,8H2,1-2H3. The monoisotopic (exact) mass is 272 g/mol. The van der Waals surface area contributed by atoms with E-state index in [1.807, 2.05) is 6.92 Å². The largest absolute Gasteiger partial charge is 0.434 e. The van der Waals surface area contributed by atoms with Crippen LogP contribution in [0.5, 0.6) is 0 Å². The second-order valence-corrected chi connectivity index (χ2v) is 5.17. The summed E-state index contributed by atoms with van der Waals surface area (Å²) in [6.45, 7) is 4.88. The second kappa shape index (κ2) is 7.43. The van der Waals surface area contributed by atoms with Gasteiger partial charge in [-0.05, 0) is 29.7 Å². The summed E-state index contributed by atoms with van der Waals surface area (Å²) in [5, 5.41) is 2.55. The summed E-state index contributed by atoms with van der Waals surface area (Å²) in [7, 11) is 0.119. The smallest absolute Gasteiger partial charge is 0.393 e. The van der Waals surface area contributed by atoms with E-state index in [1.165, 1.54) is 16.3 Å². The molecule has 0 heterocycles. The van der Waals surface area contributed by atoms with Crippen molar-refractivity contribution in [3.05, 3.63) is 48.0 Å². The van der Waals surface area contributed by atoms with Crippen molar-refractivity contribution in [2.24, 2.45) is 0 Å². The van der Waals surface area contributed by atoms with E-state index in [2.05, 4.69) is 49.4 Å². The zero-order chi connectivity index (χ0) is 13.5. The van der Waals surface area contributed by atoms with E-state index in [0.29, 0.717) is 6.61 Å². The van der Waals surface area contributed by atoms with E-state index in [9.17, 15) is 0 Å². The first-order valence-corrected chi connectivity index (χ1v) is 7.68. The Bertz CT molecular complexity index is 508. The Morgan fingerprint density at radius 2 is 1.84 bits per heavy atom. The van der Waals surface area contributed by atoms with Crippen LogP contribution in [0.1, 0.15) is 38.4 Å². The van der Waals surface area contributed by atoms with E-state index >= 15 is 0 Å². The van der Waals surface area contributed by atoms with Gasteiger partial charge in [0.15, 0.2) is 0 Å². The summed E-state index contributed by atoms with van der Waals surface area (Å²) in [5.74, 6) is 0. The summed E-state index contributed by atoms with van der Waals surface area (Å²) in [4.78, 5) is 0. The number of rotatable bonds is 7. The number of hydrogen-bond donors (Lipinski definition) is 0. The molecule has 0 amide bonds. The van der Waals surface area contributed by atoms with Crippen LogP contribution in [0, 0.1) is 0 Å². The molecule has 2 radical (unpaired) electrons. The molecule has 0 saturated carbocycles. The lowest BCUT2D eigenvalue weighted by Gasteiger charge is -2.19. The molecule has 0 spiro atoms. The third-order valence-corrected chi connectivity index (χ3v) is 3.90. The molecule has 19 heavy (non-hydrogen) atoms. The Kier molecular flexibility index (Phi) is 5.57. The van der Waals surface area contributed by atoms with Crippen LogP contribution in [0.3, 0.4) is 0 Å². The van der Waals surface area contributed by atoms with E-state index in [1.54, 1.807) is 0 Å². The molecule has 1 unspecified atom stereocenters. The van der Waals surface area contributed by atoms with Crippen LogP contribution in [0.2, 0.25) is 0 Å². The maximum Gasteiger partial charge on any atom is 0.434 e. The molecule has 0 aliphatic carbocycles. The highest BCUT2D eigenvalue weighted by Crippen LogP contribution is 2.29. The van der Waals surface area contributed by atoms with Gasteiger partial charge < -0.3 is 8.85 Å². The van der Waals surface area contributed by atoms with Crippen molar-refractivity contribution in [1.82, 2.24) is 0 Å². The first-order valence-electron chi connectivity index (χ1n) is 6.87. The van der Waals surface area contributed by atoms with E-state index in [-0.39, 0.29) is 16.1 Å². The third kappa shape index (κ3) is 3.66. The van der Waals surface area contributed by atoms with E-state index < -0.39 is 0 Å². The van der Waals surface area contributed by atoms with Crippen molar-refractivity contribution in [3.8, 4) is 0 Å². The first-order chi connectivity index (χ1) is 9.36. The summed E-state index contributed by atoms with van der Waals surface area (Å²) < 4.78 is 11.3. The Labute approximate surface area is 117 Å². The van der Waals surface area contributed by atoms with Gasteiger partial charge in [-0.15, -0.1) is 0 Å². The number of hydrogen-bond acceptors (Lipinski definition) is 2. The first kappa shape index (κ1) is 14.3. The maximum absolute atomic E-state index is 5.92. The third-order valence-electron chi connectivity index (χ3n) is 3.11. The highest BCUT2D eigenvalue weighted by atomic mass is 28.3. The number of benzene rings is 2. The van der Waals surface area contributed by atoms with Gasteiger partial charge in [-0.1, -0.05) is 55.8 Å². The van der Waals surface area contributed by atoms with Gasteiger partial charge in [-0.2, -0.15) is 0 Å². The quantitative estimate of drug-likeness (QED) is 0.553. The van der Waals surface area contributed by atoms with Gasteiger partial charge in [-0.3, -0.25) is 0 Å². The zero-order valence-corrected chi connectivity index (χ0v) is 12.6. The van der Waals surface area contributed by atoms with Gasteiger partial charge in [0.2, 0.25) is 0 Å². The molecule has 0 aliphatic heterocycles. The van der Waals surface area contributed by atoms with Crippen molar-refractivity contribution in [2.75, 3.05) is 6.61 Å². The van der Waals surface area contributed by atoms with Gasteiger partial charge in [0, 0.05) is 6.61 Å². The van der Waals surface area contributed by atoms with Crippen LogP contribution < -0.4 is 0 Å². The molecule has 3 heteroatoms. The van der Waals surface area contributed by atoms with Crippen LogP contribution in [0.25, 0.3) is 10.8 Å². The fourth-order valence-corrected chi connectivity index (χ4v) is 2.77. The van der Waals surface area contributed by atoms with Crippen LogP contribution in [0.4, 0.5) is 0 Å². The summed E-state index contributed by atoms with van der Waals surface area (Å²) >= 11 is 0. The lowest BCUT2D eigenvalue weighted by Crippen LogP contribution is -2.11. The molecule has 100 valence electrons. The van der Waals surface area contributed by atoms with Gasteiger partial charge >= 0.3 is 10.0 Å². The summed E-state index contributed by atoms with van der Waals surface area (Å²) in [6, 6.07) is 14.9. The van der Waals surface area contributed by atoms with Gasteiger partial charge in [0.25, 0.3) is 0 Å². The molecular formula is C16H20O2Si. The van der Waals surface area contributed by atoms with Crippen LogP contribution in [0.15, 0.2) is 42.5 Å². The van der Waals surface area contributed by atoms with E-state index in [0.717, 1.165) is 12.8 Å². The number of fused-ring (bicyclic) bond motifs is 1. The van der Waals surface area contributed by atoms with E-state index in [4.69, 9.17) is 8.85 Å². The average molecular weight is 272 g/mol. The maximum atomic E-state index is 5.92. The van der Waals surface area contributed by atoms with Crippen molar-refractivity contribution in [2.45, 2.75) is 32.8 Å². The second-order valence-electron chi connectivity index (χ2n) is 4.48. The average Bonchev–Trinajstić information content (AvgIpc) is 2.46. The lowest BCUT2D eigenvalue weighted by molar-refractivity contribution is 0.153. The van der Waals surface area contributed by atoms with Crippen molar-refractivity contribution in [3.63, 3.8) is 0 Å². The molecule has 2 nitrogen and oxygen atoms in total. The van der Waals surface area contributed by atoms with Gasteiger partial charge in [0.05, 0.1) is 6.10 Å². The van der Waals surface area contributed by atoms with Crippen molar-refractivity contribution >= 4 is 20.8 Å². The Morgan fingerprint density at radius 3 is 2.63 bits per heavy atom. The molecule has 2 aromatic carbocycles. The highest BCUT2D eigenvalue weighted by molar-refractivity contribution is 6.18. The molecular weight excluding hydrogens is 252 g/mol. The fraction of sp³-hybridized carbons (Fsp3) is 0.375. The van der Waals surface area contributed by atoms with Gasteiger partial charge in [-0.25, -0.2) is 0 Å². The zero-order valence-electron chi connectivity index (χ0n) is 11.6. The summed E-state index contributed by atoms with van der Waals surface area (Å²) in [5.41, 5.74) is 1.27. The van der Waals surface area contributed by atoms with Crippen LogP contribution in [-0.4, -0.2) is 16.6 Å². The molecule has 0 saturated heterocycles. The molecule has 2 rings (SSSR count). The molecule has 0 bridgehead atoms. The molecule has 2 aromatic rings. The van der Waals surface area contributed by atoms with Crippen LogP contribution in [-0.2, 0) is 8.85 Å². The SMILES string of the molecule is CCCC(O[Si]OCC)c1cccc2ccccc12. The fourth-order valence-electron chi connectivity index (χ4n) is 2.22.